The number of Topliss-reactive ketones (excluding diaryl/α,β-unsaturated/α-hetero) is 1. The lowest BCUT2D eigenvalue weighted by Gasteiger charge is -2.24. The molecule has 0 bridgehead atoms. The standard InChI is InChI=1S/C44H51N5O7S/c1-44(2,3)30-26-37(42(55-5)38(27-30)48-57(6,52)53)47-43(51)46-36-17-18-40(34-13-8-7-12-33(34)36)56-32-19-20-45-31(28-32)24-29-15-16-35(41(25-29)54-4)39(50)14-11-23-49-21-9-10-22-49/h7-8,12-13,15-20,25-28,48H,9-11,14,21-24H2,1-6H3,(H2,46,47,51). The number of pyridine rings is 1. The second-order valence-electron chi connectivity index (χ2n) is 15.3. The number of likely N-dealkylation sites (tertiary alicyclic amines) is 1. The summed E-state index contributed by atoms with van der Waals surface area (Å²) >= 11 is 0. The minimum atomic E-state index is -3.63. The zero-order valence-electron chi connectivity index (χ0n) is 33.4. The average Bonchev–Trinajstić information content (AvgIpc) is 3.68. The van der Waals surface area contributed by atoms with E-state index in [4.69, 9.17) is 14.2 Å². The maximum Gasteiger partial charge on any atom is 0.323 e. The molecular formula is C44H51N5O7S. The Balaban J connectivity index is 1.16. The fraction of sp³-hybridized carbons (Fsp3) is 0.341. The van der Waals surface area contributed by atoms with E-state index in [1.807, 2.05) is 69.3 Å². The molecule has 0 spiro atoms. The Kier molecular flexibility index (Phi) is 12.7. The number of ketones is 1. The second-order valence-corrected chi connectivity index (χ2v) is 17.1. The highest BCUT2D eigenvalue weighted by Gasteiger charge is 2.23. The van der Waals surface area contributed by atoms with Crippen LogP contribution in [0.2, 0.25) is 0 Å². The summed E-state index contributed by atoms with van der Waals surface area (Å²) in [6.07, 6.45) is 7.06. The highest BCUT2D eigenvalue weighted by molar-refractivity contribution is 7.92. The summed E-state index contributed by atoms with van der Waals surface area (Å²) in [5.74, 6) is 2.00. The predicted octanol–water partition coefficient (Wildman–Crippen LogP) is 9.01. The maximum atomic E-state index is 13.5. The van der Waals surface area contributed by atoms with Crippen LogP contribution in [0.1, 0.15) is 73.6 Å². The Morgan fingerprint density at radius 2 is 1.54 bits per heavy atom. The van der Waals surface area contributed by atoms with Gasteiger partial charge in [0.05, 0.1) is 43.1 Å². The minimum absolute atomic E-state index is 0.0874. The van der Waals surface area contributed by atoms with E-state index in [0.717, 1.165) is 59.9 Å². The number of fused-ring (bicyclic) bond motifs is 1. The summed E-state index contributed by atoms with van der Waals surface area (Å²) in [6.45, 7) is 9.16. The largest absolute Gasteiger partial charge is 0.496 e. The third-order valence-corrected chi connectivity index (χ3v) is 10.5. The van der Waals surface area contributed by atoms with Crippen molar-refractivity contribution in [1.82, 2.24) is 9.88 Å². The molecule has 1 aliphatic heterocycles. The van der Waals surface area contributed by atoms with Gasteiger partial charge >= 0.3 is 6.03 Å². The van der Waals surface area contributed by atoms with Crippen molar-refractivity contribution < 1.29 is 32.2 Å². The smallest absolute Gasteiger partial charge is 0.323 e. The number of amides is 2. The Labute approximate surface area is 335 Å². The number of urea groups is 1. The maximum absolute atomic E-state index is 13.5. The quantitative estimate of drug-likeness (QED) is 0.0884. The van der Waals surface area contributed by atoms with E-state index in [9.17, 15) is 18.0 Å². The van der Waals surface area contributed by atoms with Crippen LogP contribution in [0.3, 0.4) is 0 Å². The number of hydrogen-bond donors (Lipinski definition) is 3. The molecule has 3 N–H and O–H groups in total. The number of anilines is 3. The van der Waals surface area contributed by atoms with Crippen molar-refractivity contribution in [1.29, 1.82) is 0 Å². The Morgan fingerprint density at radius 1 is 0.825 bits per heavy atom. The summed E-state index contributed by atoms with van der Waals surface area (Å²) in [6, 6.07) is 23.4. The first-order valence-corrected chi connectivity index (χ1v) is 20.9. The van der Waals surface area contributed by atoms with Gasteiger partial charge in [-0.1, -0.05) is 51.1 Å². The zero-order valence-corrected chi connectivity index (χ0v) is 34.2. The van der Waals surface area contributed by atoms with E-state index in [-0.39, 0.29) is 22.6 Å². The number of rotatable bonds is 15. The van der Waals surface area contributed by atoms with E-state index in [1.165, 1.54) is 20.0 Å². The SMILES string of the molecule is COc1cc(Cc2cc(Oc3ccc(NC(=O)Nc4cc(C(C)(C)C)cc(NS(C)(=O)=O)c4OC)c4ccccc34)ccn2)ccc1C(=O)CCCN1CCCC1. The normalized spacial score (nSPS) is 13.3. The number of ether oxygens (including phenoxy) is 3. The molecule has 57 heavy (non-hydrogen) atoms. The molecule has 5 aromatic rings. The number of aromatic nitrogens is 1. The third kappa shape index (κ3) is 10.6. The van der Waals surface area contributed by atoms with Gasteiger partial charge in [0.1, 0.15) is 17.2 Å². The molecule has 4 aromatic carbocycles. The van der Waals surface area contributed by atoms with Crippen LogP contribution in [-0.4, -0.2) is 70.2 Å². The molecule has 0 saturated carbocycles. The molecule has 300 valence electrons. The third-order valence-electron chi connectivity index (χ3n) is 9.88. The number of sulfonamides is 1. The lowest BCUT2D eigenvalue weighted by atomic mass is 9.86. The number of hydrogen-bond acceptors (Lipinski definition) is 9. The first kappa shape index (κ1) is 41.0. The molecule has 0 atom stereocenters. The Hall–Kier alpha value is -5.66. The molecule has 1 fully saturated rings. The molecule has 13 heteroatoms. The van der Waals surface area contributed by atoms with E-state index in [2.05, 4.69) is 25.2 Å². The van der Waals surface area contributed by atoms with Crippen molar-refractivity contribution in [2.45, 2.75) is 58.3 Å². The van der Waals surface area contributed by atoms with Gasteiger partial charge in [0, 0.05) is 41.6 Å². The molecule has 1 saturated heterocycles. The second kappa shape index (κ2) is 17.6. The molecule has 2 amide bonds. The zero-order chi connectivity index (χ0) is 40.7. The van der Waals surface area contributed by atoms with Crippen LogP contribution >= 0.6 is 0 Å². The topological polar surface area (TPSA) is 148 Å². The number of nitrogens with one attached hydrogen (secondary N) is 3. The van der Waals surface area contributed by atoms with Gasteiger partial charge in [-0.2, -0.15) is 0 Å². The first-order valence-electron chi connectivity index (χ1n) is 19.1. The van der Waals surface area contributed by atoms with Gasteiger partial charge in [-0.05, 0) is 97.9 Å². The molecule has 1 aromatic heterocycles. The highest BCUT2D eigenvalue weighted by Crippen LogP contribution is 2.40. The number of carbonyl (C=O) groups excluding carboxylic acids is 2. The van der Waals surface area contributed by atoms with Crippen molar-refractivity contribution in [2.75, 3.05) is 55.5 Å². The Morgan fingerprint density at radius 3 is 2.25 bits per heavy atom. The van der Waals surface area contributed by atoms with Crippen LogP contribution in [0.15, 0.2) is 85.1 Å². The van der Waals surface area contributed by atoms with Gasteiger partial charge < -0.3 is 29.7 Å². The van der Waals surface area contributed by atoms with E-state index in [0.29, 0.717) is 47.0 Å². The number of nitrogens with zero attached hydrogens (tertiary/aromatic N) is 2. The molecule has 0 radical (unpaired) electrons. The van der Waals surface area contributed by atoms with Crippen LogP contribution < -0.4 is 29.6 Å². The van der Waals surface area contributed by atoms with Gasteiger partial charge in [0.15, 0.2) is 11.5 Å². The van der Waals surface area contributed by atoms with Crippen LogP contribution in [0.25, 0.3) is 10.8 Å². The van der Waals surface area contributed by atoms with Crippen molar-refractivity contribution in [3.05, 3.63) is 107 Å². The van der Waals surface area contributed by atoms with Crippen LogP contribution in [-0.2, 0) is 21.9 Å². The van der Waals surface area contributed by atoms with Crippen molar-refractivity contribution in [3.63, 3.8) is 0 Å². The molecular weight excluding hydrogens is 743 g/mol. The fourth-order valence-corrected chi connectivity index (χ4v) is 7.58. The molecule has 0 aliphatic carbocycles. The fourth-order valence-electron chi connectivity index (χ4n) is 7.03. The number of methoxy groups -OCH3 is 2. The summed E-state index contributed by atoms with van der Waals surface area (Å²) < 4.78 is 44.5. The monoisotopic (exact) mass is 793 g/mol. The van der Waals surface area contributed by atoms with E-state index >= 15 is 0 Å². The summed E-state index contributed by atoms with van der Waals surface area (Å²) in [5, 5.41) is 7.30. The lowest BCUT2D eigenvalue weighted by molar-refractivity contribution is 0.0973. The van der Waals surface area contributed by atoms with Crippen molar-refractivity contribution in [3.8, 4) is 23.0 Å². The van der Waals surface area contributed by atoms with Gasteiger partial charge in [-0.25, -0.2) is 13.2 Å². The van der Waals surface area contributed by atoms with E-state index < -0.39 is 16.1 Å². The van der Waals surface area contributed by atoms with Crippen LogP contribution in [0.4, 0.5) is 21.9 Å². The summed E-state index contributed by atoms with van der Waals surface area (Å²) in [7, 11) is -0.634. The minimum Gasteiger partial charge on any atom is -0.496 e. The van der Waals surface area contributed by atoms with Gasteiger partial charge in [0.25, 0.3) is 0 Å². The van der Waals surface area contributed by atoms with Gasteiger partial charge in [0.2, 0.25) is 10.0 Å². The van der Waals surface area contributed by atoms with Gasteiger partial charge in [-0.15, -0.1) is 0 Å². The van der Waals surface area contributed by atoms with Crippen molar-refractivity contribution in [2.24, 2.45) is 0 Å². The highest BCUT2D eigenvalue weighted by atomic mass is 32.2. The Bertz CT molecular complexity index is 2370. The molecule has 0 unspecified atom stereocenters. The van der Waals surface area contributed by atoms with Crippen LogP contribution in [0, 0.1) is 0 Å². The van der Waals surface area contributed by atoms with Crippen molar-refractivity contribution >= 4 is 49.7 Å². The number of carbonyl (C=O) groups is 2. The molecule has 12 nitrogen and oxygen atoms in total. The molecule has 1 aliphatic rings. The van der Waals surface area contributed by atoms with Gasteiger partial charge in [-0.3, -0.25) is 14.5 Å². The average molecular weight is 794 g/mol. The summed E-state index contributed by atoms with van der Waals surface area (Å²) in [5.41, 5.74) is 3.82. The predicted molar refractivity (Wildman–Crippen MR) is 226 cm³/mol. The van der Waals surface area contributed by atoms with E-state index in [1.54, 1.807) is 43.6 Å². The summed E-state index contributed by atoms with van der Waals surface area (Å²) in [4.78, 5) is 33.6. The van der Waals surface area contributed by atoms with Crippen LogP contribution in [0.5, 0.6) is 23.0 Å². The molecule has 6 rings (SSSR count). The molecule has 2 heterocycles. The number of benzene rings is 4. The first-order chi connectivity index (χ1) is 27.2. The lowest BCUT2D eigenvalue weighted by Crippen LogP contribution is -2.22.